The number of aromatic amines is 1. The molecule has 2 aromatic rings. The summed E-state index contributed by atoms with van der Waals surface area (Å²) in [5.74, 6) is 0.142. The molecule has 2 rings (SSSR count). The molecule has 0 atom stereocenters. The standard InChI is InChI=1S/C9H10N4O.BrH/c1-5-3-4-6-7(13(5)2)11-9(10)12-8(6)14;/h3-4H,1-2H3,(H2,10,12,14);1H. The van der Waals surface area contributed by atoms with Crippen LogP contribution in [0.3, 0.4) is 0 Å². The van der Waals surface area contributed by atoms with Crippen LogP contribution in [0.15, 0.2) is 16.9 Å². The first kappa shape index (κ1) is 11.6. The molecule has 6 heteroatoms. The summed E-state index contributed by atoms with van der Waals surface area (Å²) in [6, 6.07) is 3.62. The van der Waals surface area contributed by atoms with Gasteiger partial charge in [0.2, 0.25) is 0 Å². The number of hydrogen-bond donors (Lipinski definition) is 2. The highest BCUT2D eigenvalue weighted by atomic mass is 79.9. The minimum Gasteiger partial charge on any atom is -1.00 e. The molecule has 0 radical (unpaired) electrons. The van der Waals surface area contributed by atoms with E-state index in [-0.39, 0.29) is 28.5 Å². The Bertz CT molecular complexity index is 564. The number of halogens is 1. The number of nitrogens with two attached hydrogens (primary N) is 1. The van der Waals surface area contributed by atoms with E-state index < -0.39 is 0 Å². The Balaban J connectivity index is 0.00000112. The van der Waals surface area contributed by atoms with Crippen LogP contribution in [0.4, 0.5) is 5.95 Å². The van der Waals surface area contributed by atoms with E-state index >= 15 is 0 Å². The van der Waals surface area contributed by atoms with Crippen molar-refractivity contribution in [2.24, 2.45) is 7.05 Å². The van der Waals surface area contributed by atoms with Gasteiger partial charge in [0.1, 0.15) is 11.1 Å². The fraction of sp³-hybridized carbons (Fsp3) is 0.222. The SMILES string of the molecule is Cc1ccc2c(=O)[nH]c(N)nc2[n+]1C.[Br-]. The molecular formula is C9H11BrN4O. The third kappa shape index (κ3) is 1.85. The highest BCUT2D eigenvalue weighted by Gasteiger charge is 2.13. The molecule has 0 amide bonds. The Morgan fingerprint density at radius 2 is 2.13 bits per heavy atom. The molecule has 0 fully saturated rings. The average Bonchev–Trinajstić information content (AvgIpc) is 2.12. The second-order valence-corrected chi connectivity index (χ2v) is 3.22. The van der Waals surface area contributed by atoms with Crippen LogP contribution >= 0.6 is 0 Å². The van der Waals surface area contributed by atoms with Gasteiger partial charge in [-0.05, 0) is 24.0 Å². The first-order valence-corrected chi connectivity index (χ1v) is 4.25. The maximum atomic E-state index is 11.5. The van der Waals surface area contributed by atoms with Gasteiger partial charge in [-0.1, -0.05) is 0 Å². The summed E-state index contributed by atoms with van der Waals surface area (Å²) in [5, 5.41) is 0.548. The fourth-order valence-electron chi connectivity index (χ4n) is 1.38. The molecule has 5 nitrogen and oxygen atoms in total. The maximum Gasteiger partial charge on any atom is 0.340 e. The Labute approximate surface area is 96.7 Å². The van der Waals surface area contributed by atoms with Crippen LogP contribution in [0.1, 0.15) is 5.69 Å². The predicted octanol–water partition coefficient (Wildman–Crippen LogP) is -3.36. The van der Waals surface area contributed by atoms with E-state index in [1.807, 2.05) is 24.6 Å². The Morgan fingerprint density at radius 3 is 2.80 bits per heavy atom. The summed E-state index contributed by atoms with van der Waals surface area (Å²) < 4.78 is 1.83. The van der Waals surface area contributed by atoms with Crippen molar-refractivity contribution in [3.8, 4) is 0 Å². The number of nitrogen functional groups attached to an aromatic ring is 1. The summed E-state index contributed by atoms with van der Waals surface area (Å²) in [5.41, 5.74) is 6.88. The van der Waals surface area contributed by atoms with Crippen molar-refractivity contribution in [3.05, 3.63) is 28.2 Å². The minimum absolute atomic E-state index is 0. The number of fused-ring (bicyclic) bond motifs is 1. The lowest BCUT2D eigenvalue weighted by atomic mass is 10.3. The van der Waals surface area contributed by atoms with Crippen LogP contribution in [0, 0.1) is 6.92 Å². The van der Waals surface area contributed by atoms with E-state index in [0.717, 1.165) is 5.69 Å². The first-order chi connectivity index (χ1) is 6.59. The van der Waals surface area contributed by atoms with Gasteiger partial charge in [0.05, 0.1) is 7.05 Å². The Hall–Kier alpha value is -1.43. The van der Waals surface area contributed by atoms with E-state index in [9.17, 15) is 4.79 Å². The van der Waals surface area contributed by atoms with Crippen molar-refractivity contribution in [2.75, 3.05) is 5.73 Å². The Morgan fingerprint density at radius 1 is 1.47 bits per heavy atom. The number of nitrogens with one attached hydrogen (secondary N) is 1. The van der Waals surface area contributed by atoms with E-state index in [2.05, 4.69) is 9.97 Å². The van der Waals surface area contributed by atoms with Crippen LogP contribution in [0.5, 0.6) is 0 Å². The van der Waals surface area contributed by atoms with Crippen LogP contribution < -0.4 is 32.8 Å². The van der Waals surface area contributed by atoms with Crippen LogP contribution in [-0.4, -0.2) is 9.97 Å². The molecule has 0 saturated carbocycles. The van der Waals surface area contributed by atoms with Gasteiger partial charge < -0.3 is 22.7 Å². The van der Waals surface area contributed by atoms with Gasteiger partial charge in [-0.3, -0.25) is 9.78 Å². The van der Waals surface area contributed by atoms with Crippen molar-refractivity contribution in [1.29, 1.82) is 0 Å². The monoisotopic (exact) mass is 270 g/mol. The third-order valence-corrected chi connectivity index (χ3v) is 2.29. The number of anilines is 1. The summed E-state index contributed by atoms with van der Waals surface area (Å²) in [4.78, 5) is 18.0. The normalized spacial score (nSPS) is 10.0. The van der Waals surface area contributed by atoms with Crippen molar-refractivity contribution in [1.82, 2.24) is 9.97 Å². The van der Waals surface area contributed by atoms with Crippen LogP contribution in [-0.2, 0) is 7.05 Å². The average molecular weight is 271 g/mol. The van der Waals surface area contributed by atoms with Crippen molar-refractivity contribution in [2.45, 2.75) is 6.92 Å². The fourth-order valence-corrected chi connectivity index (χ4v) is 1.38. The lowest BCUT2D eigenvalue weighted by Gasteiger charge is -1.98. The van der Waals surface area contributed by atoms with Gasteiger partial charge in [0, 0.05) is 0 Å². The molecule has 0 aromatic carbocycles. The summed E-state index contributed by atoms with van der Waals surface area (Å²) >= 11 is 0. The lowest BCUT2D eigenvalue weighted by Crippen LogP contribution is -3.00. The van der Waals surface area contributed by atoms with Crippen LogP contribution in [0.2, 0.25) is 0 Å². The molecule has 0 spiro atoms. The summed E-state index contributed by atoms with van der Waals surface area (Å²) in [6.07, 6.45) is 0. The molecule has 0 aliphatic heterocycles. The topological polar surface area (TPSA) is 75.6 Å². The molecule has 80 valence electrons. The first-order valence-electron chi connectivity index (χ1n) is 4.25. The van der Waals surface area contributed by atoms with Crippen molar-refractivity contribution >= 4 is 17.0 Å². The zero-order chi connectivity index (χ0) is 10.3. The number of hydrogen-bond acceptors (Lipinski definition) is 3. The smallest absolute Gasteiger partial charge is 0.340 e. The van der Waals surface area contributed by atoms with Gasteiger partial charge in [-0.2, -0.15) is 0 Å². The van der Waals surface area contributed by atoms with Gasteiger partial charge in [0.15, 0.2) is 0 Å². The molecular weight excluding hydrogens is 260 g/mol. The quantitative estimate of drug-likeness (QED) is 0.491. The zero-order valence-electron chi connectivity index (χ0n) is 8.41. The second-order valence-electron chi connectivity index (χ2n) is 3.22. The number of aryl methyl sites for hydroxylation is 2. The van der Waals surface area contributed by atoms with Gasteiger partial charge in [-0.25, -0.2) is 4.57 Å². The third-order valence-electron chi connectivity index (χ3n) is 2.29. The molecule has 0 bridgehead atoms. The number of rotatable bonds is 0. The molecule has 15 heavy (non-hydrogen) atoms. The second kappa shape index (κ2) is 3.98. The molecule has 2 heterocycles. The van der Waals surface area contributed by atoms with Crippen molar-refractivity contribution in [3.63, 3.8) is 0 Å². The summed E-state index contributed by atoms with van der Waals surface area (Å²) in [6.45, 7) is 1.94. The van der Waals surface area contributed by atoms with Crippen molar-refractivity contribution < 1.29 is 21.5 Å². The molecule has 0 aliphatic carbocycles. The molecule has 0 aliphatic rings. The van der Waals surface area contributed by atoms with E-state index in [1.165, 1.54) is 0 Å². The van der Waals surface area contributed by atoms with E-state index in [4.69, 9.17) is 5.73 Å². The lowest BCUT2D eigenvalue weighted by molar-refractivity contribution is -0.653. The van der Waals surface area contributed by atoms with Gasteiger partial charge >= 0.3 is 11.6 Å². The molecule has 0 unspecified atom stereocenters. The molecule has 0 saturated heterocycles. The van der Waals surface area contributed by atoms with Gasteiger partial charge in [-0.15, -0.1) is 0 Å². The summed E-state index contributed by atoms with van der Waals surface area (Å²) in [7, 11) is 1.85. The number of pyridine rings is 1. The zero-order valence-corrected chi connectivity index (χ0v) is 10.00. The van der Waals surface area contributed by atoms with Gasteiger partial charge in [0.25, 0.3) is 5.56 Å². The Kier molecular flexibility index (Phi) is 3.09. The van der Waals surface area contributed by atoms with E-state index in [0.29, 0.717) is 11.0 Å². The maximum absolute atomic E-state index is 11.5. The minimum atomic E-state index is -0.205. The van der Waals surface area contributed by atoms with E-state index in [1.54, 1.807) is 6.07 Å². The largest absolute Gasteiger partial charge is 1.00 e. The van der Waals surface area contributed by atoms with Crippen LogP contribution in [0.25, 0.3) is 11.0 Å². The number of aromatic nitrogens is 3. The molecule has 3 N–H and O–H groups in total. The molecule has 2 aromatic heterocycles. The highest BCUT2D eigenvalue weighted by Crippen LogP contribution is 2.02. The number of nitrogens with zero attached hydrogens (tertiary/aromatic N) is 2. The number of H-pyrrole nitrogens is 1. The highest BCUT2D eigenvalue weighted by molar-refractivity contribution is 5.71. The predicted molar refractivity (Wildman–Crippen MR) is 52.7 cm³/mol.